The van der Waals surface area contributed by atoms with E-state index in [1.165, 1.54) is 29.2 Å². The van der Waals surface area contributed by atoms with Crippen molar-refractivity contribution in [2.24, 2.45) is 0 Å². The number of rotatable bonds is 11. The van der Waals surface area contributed by atoms with E-state index in [-0.39, 0.29) is 23.3 Å². The molecule has 196 valence electrons. The van der Waals surface area contributed by atoms with Crippen molar-refractivity contribution >= 4 is 23.2 Å². The van der Waals surface area contributed by atoms with Gasteiger partial charge in [0.05, 0.1) is 0 Å². The van der Waals surface area contributed by atoms with Crippen LogP contribution in [0.2, 0.25) is 0 Å². The third-order valence-corrected chi connectivity index (χ3v) is 5.81. The monoisotopic (exact) mass is 537 g/mol. The van der Waals surface area contributed by atoms with Gasteiger partial charge in [-0.15, -0.1) is 16.7 Å². The molecule has 2 N–H and O–H groups in total. The SMILES string of the molecule is Cc1ncnn1-c1ccc(Nc2n[nH]c(C(CCCCCl)c3ccc(OCC(F)(F)F)cc3)n2)cc1F. The second kappa shape index (κ2) is 11.6. The summed E-state index contributed by atoms with van der Waals surface area (Å²) >= 11 is 5.84. The van der Waals surface area contributed by atoms with E-state index in [0.717, 1.165) is 18.4 Å². The predicted molar refractivity (Wildman–Crippen MR) is 130 cm³/mol. The molecule has 0 saturated heterocycles. The number of nitrogens with zero attached hydrogens (tertiary/aromatic N) is 5. The minimum atomic E-state index is -4.41. The molecule has 0 aliphatic heterocycles. The third kappa shape index (κ3) is 6.97. The summed E-state index contributed by atoms with van der Waals surface area (Å²) in [5.41, 5.74) is 1.53. The summed E-state index contributed by atoms with van der Waals surface area (Å²) in [5, 5.41) is 14.1. The lowest BCUT2D eigenvalue weighted by atomic mass is 9.93. The van der Waals surface area contributed by atoms with Crippen molar-refractivity contribution < 1.29 is 22.3 Å². The van der Waals surface area contributed by atoms with Gasteiger partial charge in [0.2, 0.25) is 5.95 Å². The fourth-order valence-corrected chi connectivity index (χ4v) is 3.96. The topological polar surface area (TPSA) is 93.5 Å². The number of nitrogens with one attached hydrogen (secondary N) is 2. The molecule has 2 heterocycles. The van der Waals surface area contributed by atoms with Crippen molar-refractivity contribution in [1.29, 1.82) is 0 Å². The van der Waals surface area contributed by atoms with Gasteiger partial charge in [0.15, 0.2) is 12.4 Å². The summed E-state index contributed by atoms with van der Waals surface area (Å²) in [5.74, 6) is 1.27. The Labute approximate surface area is 215 Å². The van der Waals surface area contributed by atoms with Crippen LogP contribution in [0.25, 0.3) is 5.69 Å². The average molecular weight is 538 g/mol. The lowest BCUT2D eigenvalue weighted by Gasteiger charge is -2.15. The Morgan fingerprint density at radius 3 is 2.57 bits per heavy atom. The number of ether oxygens (including phenoxy) is 1. The van der Waals surface area contributed by atoms with Crippen molar-refractivity contribution in [3.05, 3.63) is 71.8 Å². The first kappa shape index (κ1) is 26.4. The zero-order valence-corrected chi connectivity index (χ0v) is 20.5. The van der Waals surface area contributed by atoms with Crippen molar-refractivity contribution in [3.8, 4) is 11.4 Å². The predicted octanol–water partition coefficient (Wildman–Crippen LogP) is 6.06. The van der Waals surface area contributed by atoms with Crippen molar-refractivity contribution in [1.82, 2.24) is 29.9 Å². The molecule has 1 atom stereocenters. The standard InChI is InChI=1S/C24H24ClF4N7O/c1-15-30-14-31-36(15)21-10-7-17(12-20(21)26)32-23-33-22(34-35-23)19(4-2-3-11-25)16-5-8-18(9-6-16)37-13-24(27,28)29/h5-10,12,14,19H,2-4,11,13H2,1H3,(H2,32,33,34,35). The molecule has 0 fully saturated rings. The molecule has 0 aliphatic rings. The minimum Gasteiger partial charge on any atom is -0.484 e. The van der Waals surface area contributed by atoms with Gasteiger partial charge < -0.3 is 10.1 Å². The summed E-state index contributed by atoms with van der Waals surface area (Å²) in [6.07, 6.45) is -0.780. The fourth-order valence-electron chi connectivity index (χ4n) is 3.77. The molecule has 0 bridgehead atoms. The molecule has 0 saturated carbocycles. The van der Waals surface area contributed by atoms with Gasteiger partial charge in [-0.3, -0.25) is 5.10 Å². The van der Waals surface area contributed by atoms with E-state index in [9.17, 15) is 17.6 Å². The zero-order chi connectivity index (χ0) is 26.4. The molecule has 2 aromatic carbocycles. The highest BCUT2D eigenvalue weighted by Crippen LogP contribution is 2.30. The number of hydrogen-bond acceptors (Lipinski definition) is 6. The molecule has 4 rings (SSSR count). The lowest BCUT2D eigenvalue weighted by molar-refractivity contribution is -0.153. The first-order valence-electron chi connectivity index (χ1n) is 11.4. The summed E-state index contributed by atoms with van der Waals surface area (Å²) in [4.78, 5) is 8.53. The maximum atomic E-state index is 14.7. The van der Waals surface area contributed by atoms with Crippen LogP contribution >= 0.6 is 11.6 Å². The molecular formula is C24H24ClF4N7O. The Kier molecular flexibility index (Phi) is 8.27. The summed E-state index contributed by atoms with van der Waals surface area (Å²) in [6, 6.07) is 10.9. The Hall–Kier alpha value is -3.67. The number of hydrogen-bond donors (Lipinski definition) is 2. The Morgan fingerprint density at radius 2 is 1.92 bits per heavy atom. The number of aromatic amines is 1. The van der Waals surface area contributed by atoms with Crippen molar-refractivity contribution in [2.75, 3.05) is 17.8 Å². The van der Waals surface area contributed by atoms with E-state index < -0.39 is 18.6 Å². The van der Waals surface area contributed by atoms with E-state index in [2.05, 4.69) is 30.6 Å². The number of H-pyrrole nitrogens is 1. The number of benzene rings is 2. The number of aromatic nitrogens is 6. The van der Waals surface area contributed by atoms with Crippen LogP contribution < -0.4 is 10.1 Å². The third-order valence-electron chi connectivity index (χ3n) is 5.54. The normalized spacial score (nSPS) is 12.5. The van der Waals surface area contributed by atoms with Crippen molar-refractivity contribution in [2.45, 2.75) is 38.3 Å². The second-order valence-electron chi connectivity index (χ2n) is 8.26. The van der Waals surface area contributed by atoms with Gasteiger partial charge in [0.25, 0.3) is 0 Å². The van der Waals surface area contributed by atoms with Gasteiger partial charge in [0.1, 0.15) is 29.4 Å². The van der Waals surface area contributed by atoms with E-state index >= 15 is 0 Å². The van der Waals surface area contributed by atoms with Crippen LogP contribution in [-0.4, -0.2) is 48.6 Å². The van der Waals surface area contributed by atoms with Crippen molar-refractivity contribution in [3.63, 3.8) is 0 Å². The highest BCUT2D eigenvalue weighted by Gasteiger charge is 2.28. The van der Waals surface area contributed by atoms with Gasteiger partial charge in [-0.1, -0.05) is 18.6 Å². The van der Waals surface area contributed by atoms with E-state index in [1.807, 2.05) is 0 Å². The molecular weight excluding hydrogens is 514 g/mol. The van der Waals surface area contributed by atoms with Gasteiger partial charge in [-0.25, -0.2) is 14.1 Å². The summed E-state index contributed by atoms with van der Waals surface area (Å²) in [7, 11) is 0. The molecule has 2 aromatic heterocycles. The van der Waals surface area contributed by atoms with Gasteiger partial charge in [-0.2, -0.15) is 23.3 Å². The van der Waals surface area contributed by atoms with Crippen LogP contribution in [0.15, 0.2) is 48.8 Å². The maximum Gasteiger partial charge on any atom is 0.422 e. The second-order valence-corrected chi connectivity index (χ2v) is 8.64. The van der Waals surface area contributed by atoms with Gasteiger partial charge in [0, 0.05) is 17.5 Å². The minimum absolute atomic E-state index is 0.118. The maximum absolute atomic E-state index is 14.7. The average Bonchev–Trinajstić information content (AvgIpc) is 3.50. The quantitative estimate of drug-likeness (QED) is 0.137. The molecule has 0 aliphatic carbocycles. The van der Waals surface area contributed by atoms with Crippen LogP contribution in [0.4, 0.5) is 29.2 Å². The highest BCUT2D eigenvalue weighted by atomic mass is 35.5. The number of aryl methyl sites for hydroxylation is 1. The fraction of sp³-hybridized carbons (Fsp3) is 0.333. The number of alkyl halides is 4. The van der Waals surface area contributed by atoms with Crippen LogP contribution in [0.3, 0.4) is 0 Å². The Morgan fingerprint density at radius 1 is 1.14 bits per heavy atom. The summed E-state index contributed by atoms with van der Waals surface area (Å²) < 4.78 is 58.2. The van der Waals surface area contributed by atoms with Crippen LogP contribution in [-0.2, 0) is 0 Å². The molecule has 8 nitrogen and oxygen atoms in total. The Bertz CT molecular complexity index is 1310. The highest BCUT2D eigenvalue weighted by molar-refractivity contribution is 6.17. The van der Waals surface area contributed by atoms with E-state index in [4.69, 9.17) is 16.3 Å². The van der Waals surface area contributed by atoms with Crippen LogP contribution in [0.5, 0.6) is 5.75 Å². The van der Waals surface area contributed by atoms with Gasteiger partial charge >= 0.3 is 6.18 Å². The number of unbranched alkanes of at least 4 members (excludes halogenated alkanes) is 1. The molecule has 1 unspecified atom stereocenters. The molecule has 37 heavy (non-hydrogen) atoms. The lowest BCUT2D eigenvalue weighted by Crippen LogP contribution is -2.19. The number of anilines is 2. The largest absolute Gasteiger partial charge is 0.484 e. The first-order valence-corrected chi connectivity index (χ1v) is 12.0. The first-order chi connectivity index (χ1) is 17.7. The molecule has 4 aromatic rings. The van der Waals surface area contributed by atoms with E-state index in [1.54, 1.807) is 31.2 Å². The van der Waals surface area contributed by atoms with Gasteiger partial charge in [-0.05, 0) is 55.7 Å². The smallest absolute Gasteiger partial charge is 0.422 e. The molecule has 13 heteroatoms. The zero-order valence-electron chi connectivity index (χ0n) is 19.8. The summed E-state index contributed by atoms with van der Waals surface area (Å²) in [6.45, 7) is 0.364. The molecule has 0 spiro atoms. The molecule has 0 radical (unpaired) electrons. The van der Waals surface area contributed by atoms with Crippen LogP contribution in [0, 0.1) is 12.7 Å². The van der Waals surface area contributed by atoms with E-state index in [0.29, 0.717) is 29.6 Å². The Balaban J connectivity index is 1.49. The van der Waals surface area contributed by atoms with Crippen LogP contribution in [0.1, 0.15) is 42.4 Å². The molecule has 0 amide bonds. The number of halogens is 5.